The molecule has 1 amide bonds. The van der Waals surface area contributed by atoms with Gasteiger partial charge in [-0.2, -0.15) is 0 Å². The average Bonchev–Trinajstić information content (AvgIpc) is 3.26. The van der Waals surface area contributed by atoms with E-state index in [1.807, 2.05) is 4.90 Å². The molecule has 0 spiro atoms. The Hall–Kier alpha value is -1.32. The van der Waals surface area contributed by atoms with Gasteiger partial charge in [0.05, 0.1) is 0 Å². The van der Waals surface area contributed by atoms with Crippen LogP contribution < -0.4 is 0 Å². The minimum absolute atomic E-state index is 0.0794. The van der Waals surface area contributed by atoms with Crippen LogP contribution in [-0.2, 0) is 9.53 Å². The number of amides is 1. The molecule has 0 radical (unpaired) electrons. The number of ether oxygens (including phenoxy) is 1. The molecule has 362 valence electrons. The zero-order valence-electron chi connectivity index (χ0n) is 42.3. The molecule has 0 heterocycles. The second-order valence-electron chi connectivity index (χ2n) is 19.4. The number of ketones is 1. The smallest absolute Gasteiger partial charge is 0.410 e. The highest BCUT2D eigenvalue weighted by atomic mass is 16.6. The molecule has 4 heteroatoms. The van der Waals surface area contributed by atoms with Crippen LogP contribution in [0.3, 0.4) is 0 Å². The van der Waals surface area contributed by atoms with Gasteiger partial charge in [0.2, 0.25) is 0 Å². The predicted octanol–water partition coefficient (Wildman–Crippen LogP) is 19.9. The Morgan fingerprint density at radius 3 is 0.902 bits per heavy atom. The van der Waals surface area contributed by atoms with Gasteiger partial charge >= 0.3 is 6.09 Å². The number of nitrogens with zero attached hydrogens (tertiary/aromatic N) is 1. The van der Waals surface area contributed by atoms with Crippen molar-refractivity contribution in [2.45, 2.75) is 329 Å². The van der Waals surface area contributed by atoms with Crippen LogP contribution in [0.15, 0.2) is 12.2 Å². The van der Waals surface area contributed by atoms with E-state index in [9.17, 15) is 9.59 Å². The number of hydrogen-bond donors (Lipinski definition) is 0. The monoisotopic (exact) mass is 858 g/mol. The van der Waals surface area contributed by atoms with E-state index >= 15 is 0 Å². The van der Waals surface area contributed by atoms with Gasteiger partial charge in [-0.1, -0.05) is 277 Å². The Morgan fingerprint density at radius 1 is 0.361 bits per heavy atom. The summed E-state index contributed by atoms with van der Waals surface area (Å²) >= 11 is 0. The van der Waals surface area contributed by atoms with Gasteiger partial charge in [0.15, 0.2) is 11.9 Å². The van der Waals surface area contributed by atoms with Crippen LogP contribution in [0.5, 0.6) is 0 Å². The maximum atomic E-state index is 13.4. The highest BCUT2D eigenvalue weighted by molar-refractivity contribution is 5.84. The second kappa shape index (κ2) is 51.3. The lowest BCUT2D eigenvalue weighted by Gasteiger charge is -2.24. The zero-order valence-corrected chi connectivity index (χ0v) is 42.3. The summed E-state index contributed by atoms with van der Waals surface area (Å²) in [5.41, 5.74) is 0. The Balaban J connectivity index is 4.33. The van der Waals surface area contributed by atoms with Crippen LogP contribution in [-0.4, -0.2) is 36.0 Å². The summed E-state index contributed by atoms with van der Waals surface area (Å²) < 4.78 is 5.84. The average molecular weight is 859 g/mol. The molecule has 0 rings (SSSR count). The molecule has 0 bridgehead atoms. The van der Waals surface area contributed by atoms with Crippen molar-refractivity contribution in [3.63, 3.8) is 0 Å². The van der Waals surface area contributed by atoms with Gasteiger partial charge in [0, 0.05) is 19.5 Å². The molecule has 0 aromatic rings. The minimum Gasteiger partial charge on any atom is -0.438 e. The van der Waals surface area contributed by atoms with Gasteiger partial charge in [0.1, 0.15) is 0 Å². The molecule has 0 aliphatic carbocycles. The van der Waals surface area contributed by atoms with E-state index in [1.165, 1.54) is 263 Å². The first-order valence-electron chi connectivity index (χ1n) is 28.2. The van der Waals surface area contributed by atoms with E-state index in [4.69, 9.17) is 4.74 Å². The lowest BCUT2D eigenvalue weighted by molar-refractivity contribution is -0.127. The Labute approximate surface area is 384 Å². The van der Waals surface area contributed by atoms with Crippen LogP contribution >= 0.6 is 0 Å². The number of carbonyl (C=O) groups excluding carboxylic acids is 2. The summed E-state index contributed by atoms with van der Waals surface area (Å²) in [6.07, 6.45) is 63.8. The summed E-state index contributed by atoms with van der Waals surface area (Å²) in [6.45, 7) is 10.2. The normalized spacial score (nSPS) is 12.1. The number of unbranched alkanes of at least 4 members (excludes halogenated alkanes) is 41. The van der Waals surface area contributed by atoms with E-state index in [2.05, 4.69) is 32.9 Å². The Bertz CT molecular complexity index is 865. The lowest BCUT2D eigenvalue weighted by Crippen LogP contribution is -2.37. The molecular formula is C57H111NO3. The lowest BCUT2D eigenvalue weighted by atomic mass is 10.0. The van der Waals surface area contributed by atoms with Crippen LogP contribution in [0.1, 0.15) is 323 Å². The molecular weight excluding hydrogens is 747 g/mol. The highest BCUT2D eigenvalue weighted by Crippen LogP contribution is 2.17. The van der Waals surface area contributed by atoms with Gasteiger partial charge in [-0.15, -0.1) is 0 Å². The van der Waals surface area contributed by atoms with Gasteiger partial charge in [-0.25, -0.2) is 4.79 Å². The van der Waals surface area contributed by atoms with Crippen LogP contribution in [0.4, 0.5) is 4.79 Å². The molecule has 61 heavy (non-hydrogen) atoms. The molecule has 0 saturated heterocycles. The SMILES string of the molecule is CCCCCCCCC=CCCCCCCCC(=O)C(C)OC(=O)N(CCCCCCCCCCCCCCCCCC)CCCCCCCCCCCCCCCCCC. The number of carbonyl (C=O) groups is 2. The first-order valence-corrected chi connectivity index (χ1v) is 28.2. The number of allylic oxidation sites excluding steroid dienone is 2. The van der Waals surface area contributed by atoms with Crippen molar-refractivity contribution < 1.29 is 14.3 Å². The van der Waals surface area contributed by atoms with E-state index in [0.717, 1.165) is 38.8 Å². The standard InChI is InChI=1S/C57H111NO3/c1-5-8-11-14-17-20-23-26-29-32-35-38-41-44-47-50-53-58(54-51-48-45-42-39-36-33-30-27-24-21-18-15-12-9-6-2)57(60)61-55(4)56(59)52-49-46-43-40-37-34-31-28-25-22-19-16-13-10-7-3/h28,31,55H,5-27,29-30,32-54H2,1-4H3. The number of rotatable bonds is 51. The van der Waals surface area contributed by atoms with E-state index in [-0.39, 0.29) is 11.9 Å². The summed E-state index contributed by atoms with van der Waals surface area (Å²) in [5.74, 6) is 0.0794. The third-order valence-electron chi connectivity index (χ3n) is 13.2. The van der Waals surface area contributed by atoms with Crippen LogP contribution in [0.2, 0.25) is 0 Å². The highest BCUT2D eigenvalue weighted by Gasteiger charge is 2.21. The number of hydrogen-bond acceptors (Lipinski definition) is 3. The minimum atomic E-state index is -0.650. The Morgan fingerprint density at radius 2 is 0.607 bits per heavy atom. The van der Waals surface area contributed by atoms with Crippen molar-refractivity contribution in [1.29, 1.82) is 0 Å². The fourth-order valence-electron chi connectivity index (χ4n) is 8.86. The fraction of sp³-hybridized carbons (Fsp3) is 0.930. The zero-order chi connectivity index (χ0) is 44.4. The summed E-state index contributed by atoms with van der Waals surface area (Å²) in [4.78, 5) is 28.3. The summed E-state index contributed by atoms with van der Waals surface area (Å²) in [5, 5.41) is 0. The topological polar surface area (TPSA) is 46.6 Å². The molecule has 0 aromatic carbocycles. The van der Waals surface area contributed by atoms with Gasteiger partial charge in [-0.05, 0) is 51.9 Å². The second-order valence-corrected chi connectivity index (χ2v) is 19.4. The van der Waals surface area contributed by atoms with Crippen molar-refractivity contribution in [1.82, 2.24) is 4.90 Å². The first-order chi connectivity index (χ1) is 30.1. The molecule has 0 fully saturated rings. The van der Waals surface area contributed by atoms with Crippen molar-refractivity contribution in [2.75, 3.05) is 13.1 Å². The van der Waals surface area contributed by atoms with Crippen molar-refractivity contribution in [2.24, 2.45) is 0 Å². The van der Waals surface area contributed by atoms with Gasteiger partial charge in [-0.3, -0.25) is 4.79 Å². The molecule has 0 aliphatic rings. The molecule has 0 aromatic heterocycles. The third kappa shape index (κ3) is 46.5. The van der Waals surface area contributed by atoms with Gasteiger partial charge in [0.25, 0.3) is 0 Å². The number of Topliss-reactive ketones (excluding diaryl/α,β-unsaturated/α-hetero) is 1. The maximum Gasteiger partial charge on any atom is 0.410 e. The predicted molar refractivity (Wildman–Crippen MR) is 271 cm³/mol. The fourth-order valence-corrected chi connectivity index (χ4v) is 8.86. The molecule has 1 unspecified atom stereocenters. The van der Waals surface area contributed by atoms with Crippen molar-refractivity contribution in [3.8, 4) is 0 Å². The van der Waals surface area contributed by atoms with Gasteiger partial charge < -0.3 is 9.64 Å². The maximum absolute atomic E-state index is 13.4. The largest absolute Gasteiger partial charge is 0.438 e. The van der Waals surface area contributed by atoms with Crippen molar-refractivity contribution in [3.05, 3.63) is 12.2 Å². The Kier molecular flexibility index (Phi) is 50.2. The quantitative estimate of drug-likeness (QED) is 0.0452. The van der Waals surface area contributed by atoms with E-state index in [0.29, 0.717) is 6.42 Å². The van der Waals surface area contributed by atoms with Crippen LogP contribution in [0.25, 0.3) is 0 Å². The molecule has 4 nitrogen and oxygen atoms in total. The third-order valence-corrected chi connectivity index (χ3v) is 13.2. The van der Waals surface area contributed by atoms with Crippen molar-refractivity contribution >= 4 is 11.9 Å². The summed E-state index contributed by atoms with van der Waals surface area (Å²) in [6, 6.07) is 0. The van der Waals surface area contributed by atoms with E-state index < -0.39 is 6.10 Å². The first kappa shape index (κ1) is 59.7. The van der Waals surface area contributed by atoms with E-state index in [1.54, 1.807) is 6.92 Å². The molecule has 0 aliphatic heterocycles. The molecule has 0 saturated carbocycles. The van der Waals surface area contributed by atoms with Crippen LogP contribution in [0, 0.1) is 0 Å². The summed E-state index contributed by atoms with van der Waals surface area (Å²) in [7, 11) is 0. The molecule has 1 atom stereocenters. The molecule has 0 N–H and O–H groups in total.